The minimum absolute atomic E-state index is 0.874. The molecule has 2 nitrogen and oxygen atoms in total. The predicted molar refractivity (Wildman–Crippen MR) is 46.3 cm³/mol. The smallest absolute Gasteiger partial charge is 0.108 e. The topological polar surface area (TPSA) is 16.1 Å². The molecule has 0 aliphatic carbocycles. The third-order valence-electron chi connectivity index (χ3n) is 1.23. The maximum atomic E-state index is 4.01. The first-order valence-electron chi connectivity index (χ1n) is 2.99. The van der Waals surface area contributed by atoms with Gasteiger partial charge in [-0.3, -0.25) is 0 Å². The van der Waals surface area contributed by atoms with Gasteiger partial charge < -0.3 is 4.90 Å². The van der Waals surface area contributed by atoms with Crippen molar-refractivity contribution >= 4 is 21.6 Å². The van der Waals surface area contributed by atoms with E-state index in [1.807, 2.05) is 31.1 Å². The van der Waals surface area contributed by atoms with Crippen molar-refractivity contribution < 1.29 is 0 Å². The molecule has 0 fully saturated rings. The van der Waals surface area contributed by atoms with Crippen LogP contribution < -0.4 is 4.90 Å². The molecule has 0 aliphatic heterocycles. The Morgan fingerprint density at radius 1 is 1.50 bits per heavy atom. The number of anilines is 1. The average molecular weight is 201 g/mol. The minimum Gasteiger partial charge on any atom is -0.378 e. The van der Waals surface area contributed by atoms with Gasteiger partial charge in [-0.15, -0.1) is 0 Å². The molecule has 1 heterocycles. The number of aromatic nitrogens is 1. The maximum absolute atomic E-state index is 4.01. The zero-order valence-corrected chi connectivity index (χ0v) is 7.59. The Morgan fingerprint density at radius 2 is 2.20 bits per heavy atom. The summed E-state index contributed by atoms with van der Waals surface area (Å²) < 4.78 is 0.874. The van der Waals surface area contributed by atoms with E-state index in [4.69, 9.17) is 0 Å². The Balaban J connectivity index is 2.96. The summed E-state index contributed by atoms with van der Waals surface area (Å²) in [7, 11) is 4.00. The lowest BCUT2D eigenvalue weighted by molar-refractivity contribution is 1.11. The van der Waals surface area contributed by atoms with Gasteiger partial charge in [0.2, 0.25) is 0 Å². The average Bonchev–Trinajstić information content (AvgIpc) is 1.88. The monoisotopic (exact) mass is 200 g/mol. The van der Waals surface area contributed by atoms with Crippen LogP contribution in [0.3, 0.4) is 0 Å². The van der Waals surface area contributed by atoms with E-state index in [0.29, 0.717) is 0 Å². The first-order valence-corrected chi connectivity index (χ1v) is 3.78. The van der Waals surface area contributed by atoms with Crippen molar-refractivity contribution in [1.82, 2.24) is 4.98 Å². The van der Waals surface area contributed by atoms with Gasteiger partial charge in [0, 0.05) is 26.0 Å². The van der Waals surface area contributed by atoms with Crippen molar-refractivity contribution in [2.24, 2.45) is 0 Å². The molecular formula is C7H9BrN2. The highest BCUT2D eigenvalue weighted by Crippen LogP contribution is 2.14. The van der Waals surface area contributed by atoms with E-state index in [1.165, 1.54) is 0 Å². The summed E-state index contributed by atoms with van der Waals surface area (Å²) in [6.07, 6.45) is 1.78. The molecule has 0 radical (unpaired) electrons. The molecule has 1 aromatic heterocycles. The lowest BCUT2D eigenvalue weighted by atomic mass is 10.4. The molecule has 0 atom stereocenters. The summed E-state index contributed by atoms with van der Waals surface area (Å²) in [6.45, 7) is 0. The van der Waals surface area contributed by atoms with Gasteiger partial charge >= 0.3 is 0 Å². The first kappa shape index (κ1) is 7.54. The Bertz CT molecular complexity index is 223. The summed E-state index contributed by atoms with van der Waals surface area (Å²) in [5, 5.41) is 0. The molecule has 0 spiro atoms. The molecule has 0 amide bonds. The van der Waals surface area contributed by atoms with Crippen molar-refractivity contribution in [3.05, 3.63) is 22.9 Å². The van der Waals surface area contributed by atoms with Gasteiger partial charge in [0.1, 0.15) is 4.60 Å². The van der Waals surface area contributed by atoms with Crippen LogP contribution in [0.1, 0.15) is 0 Å². The van der Waals surface area contributed by atoms with Crippen LogP contribution in [0, 0.1) is 0 Å². The van der Waals surface area contributed by atoms with Crippen LogP contribution in [-0.2, 0) is 0 Å². The third kappa shape index (κ3) is 1.70. The predicted octanol–water partition coefficient (Wildman–Crippen LogP) is 1.91. The molecule has 0 N–H and O–H groups in total. The van der Waals surface area contributed by atoms with Gasteiger partial charge in [0.05, 0.1) is 0 Å². The fraction of sp³-hybridized carbons (Fsp3) is 0.286. The van der Waals surface area contributed by atoms with Gasteiger partial charge in [0.15, 0.2) is 0 Å². The van der Waals surface area contributed by atoms with E-state index in [-0.39, 0.29) is 0 Å². The molecule has 1 aromatic rings. The highest BCUT2D eigenvalue weighted by Gasteiger charge is 1.93. The summed E-state index contributed by atoms with van der Waals surface area (Å²) in [5.41, 5.74) is 1.15. The van der Waals surface area contributed by atoms with E-state index in [1.54, 1.807) is 6.20 Å². The Hall–Kier alpha value is -0.570. The van der Waals surface area contributed by atoms with Crippen molar-refractivity contribution in [3.8, 4) is 0 Å². The van der Waals surface area contributed by atoms with Crippen LogP contribution in [0.15, 0.2) is 22.9 Å². The molecule has 0 bridgehead atoms. The summed E-state index contributed by atoms with van der Waals surface area (Å²) >= 11 is 3.29. The number of pyridine rings is 1. The number of halogens is 1. The molecule has 3 heteroatoms. The van der Waals surface area contributed by atoms with E-state index in [0.717, 1.165) is 10.3 Å². The SMILES string of the molecule is CN(C)c1ccnc(Br)c1. The third-order valence-corrected chi connectivity index (χ3v) is 1.66. The minimum atomic E-state index is 0.874. The van der Waals surface area contributed by atoms with E-state index >= 15 is 0 Å². The van der Waals surface area contributed by atoms with Crippen molar-refractivity contribution in [1.29, 1.82) is 0 Å². The van der Waals surface area contributed by atoms with Crippen molar-refractivity contribution in [2.45, 2.75) is 0 Å². The number of nitrogens with zero attached hydrogens (tertiary/aromatic N) is 2. The molecule has 0 saturated heterocycles. The molecule has 10 heavy (non-hydrogen) atoms. The zero-order chi connectivity index (χ0) is 7.56. The van der Waals surface area contributed by atoms with Gasteiger partial charge in [-0.05, 0) is 28.1 Å². The molecule has 0 aliphatic rings. The number of hydrogen-bond donors (Lipinski definition) is 0. The molecule has 0 saturated carbocycles. The normalized spacial score (nSPS) is 9.50. The summed E-state index contributed by atoms with van der Waals surface area (Å²) in [4.78, 5) is 6.05. The second-order valence-corrected chi connectivity index (χ2v) is 3.04. The van der Waals surface area contributed by atoms with Crippen LogP contribution in [0.5, 0.6) is 0 Å². The highest BCUT2D eigenvalue weighted by molar-refractivity contribution is 9.10. The number of hydrogen-bond acceptors (Lipinski definition) is 2. The Labute approximate surface area is 69.0 Å². The Morgan fingerprint density at radius 3 is 2.60 bits per heavy atom. The maximum Gasteiger partial charge on any atom is 0.108 e. The standard InChI is InChI=1S/C7H9BrN2/c1-10(2)6-3-4-9-7(8)5-6/h3-5H,1-2H3. The van der Waals surface area contributed by atoms with Gasteiger partial charge in [-0.25, -0.2) is 4.98 Å². The second kappa shape index (κ2) is 3.01. The summed E-state index contributed by atoms with van der Waals surface area (Å²) in [6, 6.07) is 3.94. The van der Waals surface area contributed by atoms with Crippen LogP contribution in [0.25, 0.3) is 0 Å². The second-order valence-electron chi connectivity index (χ2n) is 2.23. The fourth-order valence-corrected chi connectivity index (χ4v) is 1.02. The Kier molecular flexibility index (Phi) is 2.27. The fourth-order valence-electron chi connectivity index (χ4n) is 0.670. The first-order chi connectivity index (χ1) is 4.70. The van der Waals surface area contributed by atoms with E-state index < -0.39 is 0 Å². The van der Waals surface area contributed by atoms with E-state index in [9.17, 15) is 0 Å². The van der Waals surface area contributed by atoms with Crippen LogP contribution in [0.2, 0.25) is 0 Å². The molecular weight excluding hydrogens is 192 g/mol. The molecule has 0 unspecified atom stereocenters. The van der Waals surface area contributed by atoms with Crippen molar-refractivity contribution in [3.63, 3.8) is 0 Å². The molecule has 0 aromatic carbocycles. The lowest BCUT2D eigenvalue weighted by Gasteiger charge is -2.11. The lowest BCUT2D eigenvalue weighted by Crippen LogP contribution is -2.08. The molecule has 1 rings (SSSR count). The quantitative estimate of drug-likeness (QED) is 0.645. The largest absolute Gasteiger partial charge is 0.378 e. The van der Waals surface area contributed by atoms with Crippen molar-refractivity contribution in [2.75, 3.05) is 19.0 Å². The zero-order valence-electron chi connectivity index (χ0n) is 6.00. The van der Waals surface area contributed by atoms with Crippen LogP contribution in [0.4, 0.5) is 5.69 Å². The number of rotatable bonds is 1. The van der Waals surface area contributed by atoms with Gasteiger partial charge in [0.25, 0.3) is 0 Å². The highest BCUT2D eigenvalue weighted by atomic mass is 79.9. The van der Waals surface area contributed by atoms with E-state index in [2.05, 4.69) is 20.9 Å². The molecule has 54 valence electrons. The summed E-state index contributed by atoms with van der Waals surface area (Å²) in [5.74, 6) is 0. The van der Waals surface area contributed by atoms with Crippen LogP contribution in [-0.4, -0.2) is 19.1 Å². The van der Waals surface area contributed by atoms with Gasteiger partial charge in [-0.1, -0.05) is 0 Å². The van der Waals surface area contributed by atoms with Crippen LogP contribution >= 0.6 is 15.9 Å². The van der Waals surface area contributed by atoms with Gasteiger partial charge in [-0.2, -0.15) is 0 Å².